The zero-order valence-electron chi connectivity index (χ0n) is 9.73. The van der Waals surface area contributed by atoms with Crippen molar-refractivity contribution < 1.29 is 4.79 Å². The number of aromatic nitrogens is 1. The van der Waals surface area contributed by atoms with Crippen LogP contribution in [0, 0.1) is 0 Å². The number of nitrogens with one attached hydrogen (secondary N) is 2. The Balaban J connectivity index is 2.21. The minimum Gasteiger partial charge on any atom is -0.325 e. The highest BCUT2D eigenvalue weighted by molar-refractivity contribution is 6.01. The summed E-state index contributed by atoms with van der Waals surface area (Å²) in [6.07, 6.45) is 3.99. The summed E-state index contributed by atoms with van der Waals surface area (Å²) < 4.78 is 0. The minimum absolute atomic E-state index is 0.0173. The third-order valence-electron chi connectivity index (χ3n) is 2.56. The molecule has 88 valence electrons. The molecule has 1 amide bonds. The van der Waals surface area contributed by atoms with Gasteiger partial charge in [-0.3, -0.25) is 9.78 Å². The molecule has 0 aliphatic heterocycles. The average Bonchev–Trinajstić information content (AvgIpc) is 2.37. The normalized spacial score (nSPS) is 10.4. The van der Waals surface area contributed by atoms with Gasteiger partial charge in [0.05, 0.1) is 0 Å². The van der Waals surface area contributed by atoms with Crippen LogP contribution in [-0.4, -0.2) is 24.5 Å². The number of fused-ring (bicyclic) bond motifs is 1. The molecule has 0 aliphatic rings. The van der Waals surface area contributed by atoms with Gasteiger partial charge in [-0.25, -0.2) is 0 Å². The largest absolute Gasteiger partial charge is 0.325 e. The number of nitrogens with zero attached hydrogens (tertiary/aromatic N) is 1. The fourth-order valence-corrected chi connectivity index (χ4v) is 1.68. The van der Waals surface area contributed by atoms with Crippen molar-refractivity contribution in [2.24, 2.45) is 0 Å². The van der Waals surface area contributed by atoms with E-state index in [0.29, 0.717) is 13.0 Å². The van der Waals surface area contributed by atoms with Crippen LogP contribution in [0.15, 0.2) is 36.7 Å². The van der Waals surface area contributed by atoms with Crippen molar-refractivity contribution in [3.8, 4) is 0 Å². The van der Waals surface area contributed by atoms with Crippen molar-refractivity contribution in [3.63, 3.8) is 0 Å². The molecule has 2 N–H and O–H groups in total. The highest BCUT2D eigenvalue weighted by Gasteiger charge is 2.04. The molecule has 0 atom stereocenters. The molecule has 4 nitrogen and oxygen atoms in total. The number of pyridine rings is 1. The Morgan fingerprint density at radius 3 is 3.06 bits per heavy atom. The first-order valence-electron chi connectivity index (χ1n) is 5.58. The molecule has 0 radical (unpaired) electrons. The van der Waals surface area contributed by atoms with Gasteiger partial charge in [-0.15, -0.1) is 0 Å². The van der Waals surface area contributed by atoms with Crippen LogP contribution in [0.3, 0.4) is 0 Å². The monoisotopic (exact) mass is 229 g/mol. The first-order chi connectivity index (χ1) is 8.31. The highest BCUT2D eigenvalue weighted by atomic mass is 16.1. The van der Waals surface area contributed by atoms with E-state index in [-0.39, 0.29) is 5.91 Å². The van der Waals surface area contributed by atoms with Gasteiger partial charge < -0.3 is 10.6 Å². The molecule has 0 bridgehead atoms. The van der Waals surface area contributed by atoms with Crippen LogP contribution in [0.4, 0.5) is 5.69 Å². The summed E-state index contributed by atoms with van der Waals surface area (Å²) in [6, 6.07) is 7.70. The summed E-state index contributed by atoms with van der Waals surface area (Å²) in [4.78, 5) is 15.7. The van der Waals surface area contributed by atoms with Crippen molar-refractivity contribution in [1.82, 2.24) is 10.3 Å². The maximum absolute atomic E-state index is 11.6. The number of amides is 1. The molecule has 17 heavy (non-hydrogen) atoms. The predicted octanol–water partition coefficient (Wildman–Crippen LogP) is 1.78. The maximum Gasteiger partial charge on any atom is 0.225 e. The summed E-state index contributed by atoms with van der Waals surface area (Å²) >= 11 is 0. The Labute approximate surface area is 100 Å². The van der Waals surface area contributed by atoms with Gasteiger partial charge >= 0.3 is 0 Å². The van der Waals surface area contributed by atoms with E-state index >= 15 is 0 Å². The predicted molar refractivity (Wildman–Crippen MR) is 68.9 cm³/mol. The van der Waals surface area contributed by atoms with Crippen molar-refractivity contribution in [2.75, 3.05) is 18.9 Å². The number of rotatable bonds is 4. The zero-order valence-corrected chi connectivity index (χ0v) is 9.73. The number of benzene rings is 1. The second-order valence-electron chi connectivity index (χ2n) is 3.80. The standard InChI is InChI=1S/C13H15N3O/c1-14-7-6-13(17)16-12-4-2-3-10-9-15-8-5-11(10)12/h2-5,8-9,14H,6-7H2,1H3,(H,16,17). The fraction of sp³-hybridized carbons (Fsp3) is 0.231. The first kappa shape index (κ1) is 11.5. The van der Waals surface area contributed by atoms with Crippen LogP contribution in [0.25, 0.3) is 10.8 Å². The Hall–Kier alpha value is -1.94. The van der Waals surface area contributed by atoms with Crippen LogP contribution in [0.2, 0.25) is 0 Å². The van der Waals surface area contributed by atoms with Gasteiger partial charge in [0.1, 0.15) is 0 Å². The van der Waals surface area contributed by atoms with Gasteiger partial charge in [0.25, 0.3) is 0 Å². The quantitative estimate of drug-likeness (QED) is 0.840. The van der Waals surface area contributed by atoms with E-state index in [2.05, 4.69) is 15.6 Å². The van der Waals surface area contributed by atoms with Crippen molar-refractivity contribution >= 4 is 22.4 Å². The molecule has 4 heteroatoms. The average molecular weight is 229 g/mol. The maximum atomic E-state index is 11.6. The van der Waals surface area contributed by atoms with Crippen LogP contribution < -0.4 is 10.6 Å². The minimum atomic E-state index is 0.0173. The van der Waals surface area contributed by atoms with Crippen molar-refractivity contribution in [2.45, 2.75) is 6.42 Å². The van der Waals surface area contributed by atoms with Crippen LogP contribution in [-0.2, 0) is 4.79 Å². The Bertz CT molecular complexity index is 520. The molecule has 2 rings (SSSR count). The highest BCUT2D eigenvalue weighted by Crippen LogP contribution is 2.22. The van der Waals surface area contributed by atoms with Crippen LogP contribution >= 0.6 is 0 Å². The van der Waals surface area contributed by atoms with Crippen molar-refractivity contribution in [1.29, 1.82) is 0 Å². The smallest absolute Gasteiger partial charge is 0.225 e. The lowest BCUT2D eigenvalue weighted by molar-refractivity contribution is -0.116. The van der Waals surface area contributed by atoms with Gasteiger partial charge in [-0.1, -0.05) is 12.1 Å². The molecule has 0 saturated heterocycles. The van der Waals surface area contributed by atoms with Crippen molar-refractivity contribution in [3.05, 3.63) is 36.7 Å². The van der Waals surface area contributed by atoms with Crippen LogP contribution in [0.1, 0.15) is 6.42 Å². The molecular formula is C13H15N3O. The summed E-state index contributed by atoms with van der Waals surface area (Å²) in [5.74, 6) is 0.0173. The molecule has 1 aromatic heterocycles. The first-order valence-corrected chi connectivity index (χ1v) is 5.58. The summed E-state index contributed by atoms with van der Waals surface area (Å²) in [5.41, 5.74) is 0.839. The van der Waals surface area contributed by atoms with Gasteiger partial charge in [0.2, 0.25) is 5.91 Å². The summed E-state index contributed by atoms with van der Waals surface area (Å²) in [5, 5.41) is 7.90. The molecule has 1 heterocycles. The summed E-state index contributed by atoms with van der Waals surface area (Å²) in [6.45, 7) is 0.679. The topological polar surface area (TPSA) is 54.0 Å². The lowest BCUT2D eigenvalue weighted by atomic mass is 10.1. The Kier molecular flexibility index (Phi) is 3.67. The number of hydrogen-bond acceptors (Lipinski definition) is 3. The summed E-state index contributed by atoms with van der Waals surface area (Å²) in [7, 11) is 1.83. The number of carbonyl (C=O) groups is 1. The van der Waals surface area contributed by atoms with E-state index in [9.17, 15) is 4.79 Å². The third kappa shape index (κ3) is 2.79. The van der Waals surface area contributed by atoms with Gasteiger partial charge in [0.15, 0.2) is 0 Å². The molecule has 0 saturated carbocycles. The second kappa shape index (κ2) is 5.41. The fourth-order valence-electron chi connectivity index (χ4n) is 1.68. The number of carbonyl (C=O) groups excluding carboxylic acids is 1. The van der Waals surface area contributed by atoms with E-state index in [0.717, 1.165) is 16.5 Å². The molecule has 0 spiro atoms. The molecular weight excluding hydrogens is 214 g/mol. The van der Waals surface area contributed by atoms with Gasteiger partial charge in [-0.2, -0.15) is 0 Å². The van der Waals surface area contributed by atoms with E-state index in [1.165, 1.54) is 0 Å². The zero-order chi connectivity index (χ0) is 12.1. The Morgan fingerprint density at radius 2 is 2.24 bits per heavy atom. The Morgan fingerprint density at radius 1 is 1.35 bits per heavy atom. The molecule has 0 aliphatic carbocycles. The SMILES string of the molecule is CNCCC(=O)Nc1cccc2cnccc12. The third-order valence-corrected chi connectivity index (χ3v) is 2.56. The van der Waals surface area contributed by atoms with Crippen LogP contribution in [0.5, 0.6) is 0 Å². The van der Waals surface area contributed by atoms with Gasteiger partial charge in [0, 0.05) is 41.8 Å². The lowest BCUT2D eigenvalue weighted by Gasteiger charge is -2.08. The molecule has 0 fully saturated rings. The molecule has 2 aromatic rings. The molecule has 1 aromatic carbocycles. The molecule has 0 unspecified atom stereocenters. The van der Waals surface area contributed by atoms with E-state index in [4.69, 9.17) is 0 Å². The number of hydrogen-bond donors (Lipinski definition) is 2. The number of anilines is 1. The van der Waals surface area contributed by atoms with E-state index in [1.54, 1.807) is 12.4 Å². The van der Waals surface area contributed by atoms with E-state index in [1.807, 2.05) is 31.3 Å². The second-order valence-corrected chi connectivity index (χ2v) is 3.80. The lowest BCUT2D eigenvalue weighted by Crippen LogP contribution is -2.18. The van der Waals surface area contributed by atoms with Gasteiger partial charge in [-0.05, 0) is 19.2 Å². The van der Waals surface area contributed by atoms with E-state index < -0.39 is 0 Å².